The van der Waals surface area contributed by atoms with E-state index < -0.39 is 5.91 Å². The molecule has 3 aromatic carbocycles. The van der Waals surface area contributed by atoms with E-state index in [1.807, 2.05) is 24.3 Å². The summed E-state index contributed by atoms with van der Waals surface area (Å²) in [5, 5.41) is 22.1. The number of carbonyl (C=O) groups is 1. The van der Waals surface area contributed by atoms with Crippen molar-refractivity contribution in [1.82, 2.24) is 0 Å². The number of nitrogens with one attached hydrogen (secondary N) is 1. The van der Waals surface area contributed by atoms with E-state index in [0.29, 0.717) is 32.2 Å². The highest BCUT2D eigenvalue weighted by Crippen LogP contribution is 2.35. The van der Waals surface area contributed by atoms with E-state index in [-0.39, 0.29) is 17.9 Å². The molecule has 0 aliphatic carbocycles. The third-order valence-electron chi connectivity index (χ3n) is 4.41. The molecule has 0 radical (unpaired) electrons. The van der Waals surface area contributed by atoms with Crippen molar-refractivity contribution < 1.29 is 19.4 Å². The molecular weight excluding hydrogens is 496 g/mol. The highest BCUT2D eigenvalue weighted by atomic mass is 79.9. The number of phenolic OH excluding ortho intramolecular Hbond substituents is 1. The minimum absolute atomic E-state index is 0.0758. The maximum Gasteiger partial charge on any atom is 0.266 e. The van der Waals surface area contributed by atoms with Crippen LogP contribution in [0.1, 0.15) is 11.1 Å². The van der Waals surface area contributed by atoms with Crippen LogP contribution in [0, 0.1) is 11.3 Å². The number of methoxy groups -OCH3 is 1. The first kappa shape index (κ1) is 23.2. The van der Waals surface area contributed by atoms with Crippen LogP contribution in [0.4, 0.5) is 5.69 Å². The molecule has 0 unspecified atom stereocenters. The monoisotopic (exact) mass is 512 g/mol. The zero-order chi connectivity index (χ0) is 23.1. The Labute approximate surface area is 198 Å². The molecule has 32 heavy (non-hydrogen) atoms. The van der Waals surface area contributed by atoms with E-state index in [0.717, 1.165) is 5.56 Å². The van der Waals surface area contributed by atoms with Gasteiger partial charge < -0.3 is 19.9 Å². The van der Waals surface area contributed by atoms with E-state index >= 15 is 0 Å². The van der Waals surface area contributed by atoms with Gasteiger partial charge in [0.05, 0.1) is 7.11 Å². The summed E-state index contributed by atoms with van der Waals surface area (Å²) in [6.45, 7) is 0.246. The number of aromatic hydroxyl groups is 1. The largest absolute Gasteiger partial charge is 0.508 e. The number of hydrogen-bond donors (Lipinski definition) is 2. The summed E-state index contributed by atoms with van der Waals surface area (Å²) < 4.78 is 11.9. The number of hydrogen-bond acceptors (Lipinski definition) is 5. The third kappa shape index (κ3) is 5.82. The standard InChI is InChI=1S/C24H18BrClN2O4/c1-31-22-11-16(10-17(13-27)24(30)28-18-6-8-19(29)9-7-18)20(25)12-23(22)32-14-15-4-2-3-5-21(15)26/h2-12,29H,14H2,1H3,(H,28,30)/b17-10+. The van der Waals surface area contributed by atoms with Crippen LogP contribution in [-0.4, -0.2) is 18.1 Å². The molecule has 6 nitrogen and oxygen atoms in total. The molecule has 0 aromatic heterocycles. The van der Waals surface area contributed by atoms with Crippen LogP contribution in [0.15, 0.2) is 70.7 Å². The second-order valence-electron chi connectivity index (χ2n) is 6.58. The van der Waals surface area contributed by atoms with Gasteiger partial charge in [-0.1, -0.05) is 45.7 Å². The molecule has 0 atom stereocenters. The average Bonchev–Trinajstić information content (AvgIpc) is 2.79. The first-order valence-electron chi connectivity index (χ1n) is 9.37. The molecule has 0 fully saturated rings. The molecule has 3 rings (SSSR count). The lowest BCUT2D eigenvalue weighted by molar-refractivity contribution is -0.112. The maximum absolute atomic E-state index is 12.5. The second kappa shape index (κ2) is 10.7. The molecular formula is C24H18BrClN2O4. The topological polar surface area (TPSA) is 91.6 Å². The van der Waals surface area contributed by atoms with Crippen LogP contribution < -0.4 is 14.8 Å². The summed E-state index contributed by atoms with van der Waals surface area (Å²) in [6, 6.07) is 18.6. The van der Waals surface area contributed by atoms with Crippen LogP contribution in [0.5, 0.6) is 17.2 Å². The van der Waals surface area contributed by atoms with E-state index in [4.69, 9.17) is 21.1 Å². The third-order valence-corrected chi connectivity index (χ3v) is 5.47. The van der Waals surface area contributed by atoms with E-state index in [9.17, 15) is 15.2 Å². The van der Waals surface area contributed by atoms with Crippen molar-refractivity contribution in [2.75, 3.05) is 12.4 Å². The van der Waals surface area contributed by atoms with Gasteiger partial charge in [-0.05, 0) is 54.1 Å². The number of benzene rings is 3. The fourth-order valence-corrected chi connectivity index (χ4v) is 3.38. The SMILES string of the molecule is COc1cc(/C=C(\C#N)C(=O)Nc2ccc(O)cc2)c(Br)cc1OCc1ccccc1Cl. The van der Waals surface area contributed by atoms with Crippen molar-refractivity contribution in [1.29, 1.82) is 5.26 Å². The van der Waals surface area contributed by atoms with Crippen LogP contribution in [0.3, 0.4) is 0 Å². The van der Waals surface area contributed by atoms with Crippen molar-refractivity contribution in [3.8, 4) is 23.3 Å². The van der Waals surface area contributed by atoms with Crippen molar-refractivity contribution in [2.45, 2.75) is 6.61 Å². The highest BCUT2D eigenvalue weighted by Gasteiger charge is 2.14. The lowest BCUT2D eigenvalue weighted by atomic mass is 10.1. The van der Waals surface area contributed by atoms with Gasteiger partial charge in [0.25, 0.3) is 5.91 Å². The first-order valence-corrected chi connectivity index (χ1v) is 10.5. The molecule has 0 heterocycles. The normalized spacial score (nSPS) is 10.9. The number of anilines is 1. The Hall–Kier alpha value is -3.47. The molecule has 0 saturated heterocycles. The number of nitrogens with zero attached hydrogens (tertiary/aromatic N) is 1. The number of amides is 1. The Balaban J connectivity index is 1.82. The predicted molar refractivity (Wildman–Crippen MR) is 127 cm³/mol. The van der Waals surface area contributed by atoms with E-state index in [2.05, 4.69) is 21.2 Å². The van der Waals surface area contributed by atoms with Gasteiger partial charge in [0.2, 0.25) is 0 Å². The zero-order valence-electron chi connectivity index (χ0n) is 16.9. The Morgan fingerprint density at radius 2 is 1.91 bits per heavy atom. The quantitative estimate of drug-likeness (QED) is 0.232. The maximum atomic E-state index is 12.5. The summed E-state index contributed by atoms with van der Waals surface area (Å²) in [5.74, 6) is 0.404. The molecule has 0 saturated carbocycles. The molecule has 0 spiro atoms. The minimum atomic E-state index is -0.580. The van der Waals surface area contributed by atoms with E-state index in [1.165, 1.54) is 37.5 Å². The Kier molecular flexibility index (Phi) is 7.77. The molecule has 0 aliphatic heterocycles. The van der Waals surface area contributed by atoms with Crippen molar-refractivity contribution in [3.63, 3.8) is 0 Å². The Morgan fingerprint density at radius 1 is 1.19 bits per heavy atom. The highest BCUT2D eigenvalue weighted by molar-refractivity contribution is 9.10. The van der Waals surface area contributed by atoms with Crippen molar-refractivity contribution >= 4 is 45.2 Å². The van der Waals surface area contributed by atoms with Gasteiger partial charge in [-0.2, -0.15) is 5.26 Å². The van der Waals surface area contributed by atoms with Crippen LogP contribution >= 0.6 is 27.5 Å². The number of phenols is 1. The smallest absolute Gasteiger partial charge is 0.266 e. The Bertz CT molecular complexity index is 1200. The van der Waals surface area contributed by atoms with Gasteiger partial charge in [0.15, 0.2) is 11.5 Å². The van der Waals surface area contributed by atoms with Crippen LogP contribution in [-0.2, 0) is 11.4 Å². The summed E-state index contributed by atoms with van der Waals surface area (Å²) in [7, 11) is 1.50. The molecule has 162 valence electrons. The minimum Gasteiger partial charge on any atom is -0.508 e. The lowest BCUT2D eigenvalue weighted by Gasteiger charge is -2.14. The molecule has 2 N–H and O–H groups in total. The molecule has 0 aliphatic rings. The first-order chi connectivity index (χ1) is 15.4. The van der Waals surface area contributed by atoms with Gasteiger partial charge >= 0.3 is 0 Å². The van der Waals surface area contributed by atoms with Crippen molar-refractivity contribution in [3.05, 3.63) is 86.9 Å². The van der Waals surface area contributed by atoms with Crippen LogP contribution in [0.25, 0.3) is 6.08 Å². The fourth-order valence-electron chi connectivity index (χ4n) is 2.75. The van der Waals surface area contributed by atoms with Gasteiger partial charge in [-0.3, -0.25) is 4.79 Å². The summed E-state index contributed by atoms with van der Waals surface area (Å²) >= 11 is 9.64. The van der Waals surface area contributed by atoms with Gasteiger partial charge in [0, 0.05) is 20.7 Å². The summed E-state index contributed by atoms with van der Waals surface area (Å²) in [6.07, 6.45) is 1.44. The number of halogens is 2. The number of ether oxygens (including phenoxy) is 2. The molecule has 1 amide bonds. The summed E-state index contributed by atoms with van der Waals surface area (Å²) in [5.41, 5.74) is 1.73. The summed E-state index contributed by atoms with van der Waals surface area (Å²) in [4.78, 5) is 12.5. The van der Waals surface area contributed by atoms with E-state index in [1.54, 1.807) is 18.2 Å². The van der Waals surface area contributed by atoms with Crippen LogP contribution in [0.2, 0.25) is 5.02 Å². The zero-order valence-corrected chi connectivity index (χ0v) is 19.3. The Morgan fingerprint density at radius 3 is 2.56 bits per heavy atom. The van der Waals surface area contributed by atoms with Gasteiger partial charge in [-0.15, -0.1) is 0 Å². The van der Waals surface area contributed by atoms with Gasteiger partial charge in [-0.25, -0.2) is 0 Å². The lowest BCUT2D eigenvalue weighted by Crippen LogP contribution is -2.13. The number of rotatable bonds is 7. The predicted octanol–water partition coefficient (Wildman–Crippen LogP) is 5.94. The molecule has 8 heteroatoms. The average molecular weight is 514 g/mol. The fraction of sp³-hybridized carbons (Fsp3) is 0.0833. The molecule has 3 aromatic rings. The number of carbonyl (C=O) groups excluding carboxylic acids is 1. The molecule has 0 bridgehead atoms. The van der Waals surface area contributed by atoms with Crippen molar-refractivity contribution in [2.24, 2.45) is 0 Å². The number of nitriles is 1. The van der Waals surface area contributed by atoms with Gasteiger partial charge in [0.1, 0.15) is 24.0 Å². The second-order valence-corrected chi connectivity index (χ2v) is 7.84.